The topological polar surface area (TPSA) is 46.6 Å². The summed E-state index contributed by atoms with van der Waals surface area (Å²) in [5.41, 5.74) is -1.40. The maximum Gasteiger partial charge on any atom is 0.326 e. The molecule has 2 fully saturated rings. The Morgan fingerprint density at radius 1 is 1.25 bits per heavy atom. The standard InChI is InChI=1S/C19H24ClNO3/c1-17(2,3)24-16(23)19(14-7-5-4-6-8-14)13-18(9-10-18)21(12-11-20)15(19)22/h4-8H,9-13H2,1-3H3/t19-/m0/s1. The van der Waals surface area contributed by atoms with Crippen molar-refractivity contribution in [3.8, 4) is 0 Å². The minimum absolute atomic E-state index is 0.166. The average Bonchev–Trinajstić information content (AvgIpc) is 3.24. The van der Waals surface area contributed by atoms with Crippen molar-refractivity contribution in [3.63, 3.8) is 0 Å². The van der Waals surface area contributed by atoms with Crippen LogP contribution in [-0.2, 0) is 19.7 Å². The summed E-state index contributed by atoms with van der Waals surface area (Å²) in [7, 11) is 0. The molecule has 0 bridgehead atoms. The highest BCUT2D eigenvalue weighted by Gasteiger charge is 2.68. The van der Waals surface area contributed by atoms with Crippen molar-refractivity contribution in [2.24, 2.45) is 0 Å². The molecule has 2 aliphatic rings. The largest absolute Gasteiger partial charge is 0.459 e. The van der Waals surface area contributed by atoms with Crippen LogP contribution in [0.3, 0.4) is 0 Å². The fraction of sp³-hybridized carbons (Fsp3) is 0.579. The Hall–Kier alpha value is -1.55. The third-order valence-electron chi connectivity index (χ3n) is 4.93. The number of alkyl halides is 1. The molecule has 3 rings (SSSR count). The van der Waals surface area contributed by atoms with Crippen LogP contribution in [0.25, 0.3) is 0 Å². The van der Waals surface area contributed by atoms with Gasteiger partial charge in [0.1, 0.15) is 5.60 Å². The number of benzene rings is 1. The second kappa shape index (κ2) is 5.76. The van der Waals surface area contributed by atoms with Crippen LogP contribution in [0.2, 0.25) is 0 Å². The third-order valence-corrected chi connectivity index (χ3v) is 5.10. The first-order valence-corrected chi connectivity index (χ1v) is 8.96. The van der Waals surface area contributed by atoms with E-state index in [1.165, 1.54) is 0 Å². The van der Waals surface area contributed by atoms with Crippen LogP contribution >= 0.6 is 11.6 Å². The quantitative estimate of drug-likeness (QED) is 0.476. The van der Waals surface area contributed by atoms with Crippen LogP contribution in [-0.4, -0.2) is 40.3 Å². The van der Waals surface area contributed by atoms with Crippen LogP contribution in [0.15, 0.2) is 30.3 Å². The van der Waals surface area contributed by atoms with E-state index in [1.54, 1.807) is 0 Å². The molecule has 1 amide bonds. The molecule has 1 aromatic carbocycles. The molecule has 1 aromatic rings. The van der Waals surface area contributed by atoms with Gasteiger partial charge in [-0.2, -0.15) is 0 Å². The Kier molecular flexibility index (Phi) is 4.15. The number of rotatable bonds is 4. The van der Waals surface area contributed by atoms with Crippen LogP contribution in [0.5, 0.6) is 0 Å². The highest BCUT2D eigenvalue weighted by molar-refractivity contribution is 6.18. The predicted molar refractivity (Wildman–Crippen MR) is 93.0 cm³/mol. The van der Waals surface area contributed by atoms with Gasteiger partial charge in [0.2, 0.25) is 5.91 Å². The predicted octanol–water partition coefficient (Wildman–Crippen LogP) is 3.27. The van der Waals surface area contributed by atoms with E-state index in [9.17, 15) is 9.59 Å². The van der Waals surface area contributed by atoms with E-state index in [0.717, 1.165) is 12.8 Å². The van der Waals surface area contributed by atoms with Crippen LogP contribution in [0.1, 0.15) is 45.6 Å². The van der Waals surface area contributed by atoms with Gasteiger partial charge in [0.25, 0.3) is 0 Å². The van der Waals surface area contributed by atoms with Crippen LogP contribution < -0.4 is 0 Å². The van der Waals surface area contributed by atoms with E-state index < -0.39 is 17.0 Å². The van der Waals surface area contributed by atoms with Gasteiger partial charge in [0, 0.05) is 18.0 Å². The molecule has 1 aliphatic carbocycles. The zero-order chi connectivity index (χ0) is 17.6. The number of hydrogen-bond acceptors (Lipinski definition) is 3. The number of halogens is 1. The summed E-state index contributed by atoms with van der Waals surface area (Å²) in [6.07, 6.45) is 2.33. The van der Waals surface area contributed by atoms with Crippen molar-refractivity contribution in [3.05, 3.63) is 35.9 Å². The second-order valence-corrected chi connectivity index (χ2v) is 8.20. The molecule has 0 unspecified atom stereocenters. The maximum absolute atomic E-state index is 13.4. The van der Waals surface area contributed by atoms with E-state index >= 15 is 0 Å². The molecule has 1 spiro atoms. The van der Waals surface area contributed by atoms with Crippen molar-refractivity contribution >= 4 is 23.5 Å². The highest BCUT2D eigenvalue weighted by Crippen LogP contribution is 2.57. The molecular weight excluding hydrogens is 326 g/mol. The summed E-state index contributed by atoms with van der Waals surface area (Å²) in [6, 6.07) is 9.30. The number of carbonyl (C=O) groups excluding carboxylic acids is 2. The fourth-order valence-electron chi connectivity index (χ4n) is 3.72. The van der Waals surface area contributed by atoms with Gasteiger partial charge in [-0.15, -0.1) is 11.6 Å². The average molecular weight is 350 g/mol. The van der Waals surface area contributed by atoms with Crippen LogP contribution in [0, 0.1) is 0 Å². The molecule has 1 saturated carbocycles. The van der Waals surface area contributed by atoms with Gasteiger partial charge in [-0.05, 0) is 45.6 Å². The van der Waals surface area contributed by atoms with Gasteiger partial charge in [-0.25, -0.2) is 0 Å². The molecule has 0 aromatic heterocycles. The van der Waals surface area contributed by atoms with Gasteiger partial charge >= 0.3 is 5.97 Å². The van der Waals surface area contributed by atoms with E-state index in [1.807, 2.05) is 56.0 Å². The van der Waals surface area contributed by atoms with Gasteiger partial charge in [-0.1, -0.05) is 30.3 Å². The van der Waals surface area contributed by atoms with E-state index in [-0.39, 0.29) is 11.4 Å². The Morgan fingerprint density at radius 3 is 2.38 bits per heavy atom. The summed E-state index contributed by atoms with van der Waals surface area (Å²) in [6.45, 7) is 5.95. The van der Waals surface area contributed by atoms with Crippen LogP contribution in [0.4, 0.5) is 0 Å². The minimum Gasteiger partial charge on any atom is -0.459 e. The summed E-state index contributed by atoms with van der Waals surface area (Å²) < 4.78 is 5.68. The Balaban J connectivity index is 2.07. The molecule has 0 N–H and O–H groups in total. The summed E-state index contributed by atoms with van der Waals surface area (Å²) >= 11 is 5.92. The summed E-state index contributed by atoms with van der Waals surface area (Å²) in [4.78, 5) is 28.3. The molecular formula is C19H24ClNO3. The van der Waals surface area contributed by atoms with Gasteiger partial charge in [0.05, 0.1) is 0 Å². The Morgan fingerprint density at radius 2 is 1.88 bits per heavy atom. The molecule has 24 heavy (non-hydrogen) atoms. The number of carbonyl (C=O) groups is 2. The lowest BCUT2D eigenvalue weighted by atomic mass is 9.77. The van der Waals surface area contributed by atoms with Crippen molar-refractivity contribution in [1.82, 2.24) is 4.90 Å². The summed E-state index contributed by atoms with van der Waals surface area (Å²) in [5, 5.41) is 0. The molecule has 4 nitrogen and oxygen atoms in total. The zero-order valence-corrected chi connectivity index (χ0v) is 15.2. The number of esters is 1. The van der Waals surface area contributed by atoms with Crippen molar-refractivity contribution in [2.45, 2.75) is 56.6 Å². The van der Waals surface area contributed by atoms with Gasteiger partial charge in [-0.3, -0.25) is 9.59 Å². The molecule has 1 heterocycles. The van der Waals surface area contributed by atoms with Crippen molar-refractivity contribution < 1.29 is 14.3 Å². The first kappa shape index (κ1) is 17.3. The molecule has 5 heteroatoms. The monoisotopic (exact) mass is 349 g/mol. The Labute approximate surface area is 148 Å². The lowest BCUT2D eigenvalue weighted by Gasteiger charge is -2.30. The number of hydrogen-bond donors (Lipinski definition) is 0. The van der Waals surface area contributed by atoms with Gasteiger partial charge in [0.15, 0.2) is 5.41 Å². The third kappa shape index (κ3) is 2.71. The van der Waals surface area contributed by atoms with E-state index in [0.29, 0.717) is 24.4 Å². The zero-order valence-electron chi connectivity index (χ0n) is 14.5. The molecule has 1 aliphatic heterocycles. The Bertz CT molecular complexity index is 648. The van der Waals surface area contributed by atoms with Gasteiger partial charge < -0.3 is 9.64 Å². The SMILES string of the molecule is CC(C)(C)OC(=O)[C@]1(c2ccccc2)CC2(CC2)N(CCCl)C1=O. The fourth-order valence-corrected chi connectivity index (χ4v) is 3.88. The molecule has 130 valence electrons. The van der Waals surface area contributed by atoms with E-state index in [4.69, 9.17) is 16.3 Å². The lowest BCUT2D eigenvalue weighted by Crippen LogP contribution is -2.48. The number of amides is 1. The normalized spacial score (nSPS) is 25.2. The summed E-state index contributed by atoms with van der Waals surface area (Å²) in [5.74, 6) is -0.247. The van der Waals surface area contributed by atoms with Crippen molar-refractivity contribution in [1.29, 1.82) is 0 Å². The number of likely N-dealkylation sites (tertiary alicyclic amines) is 1. The molecule has 1 saturated heterocycles. The smallest absolute Gasteiger partial charge is 0.326 e. The number of nitrogens with zero attached hydrogens (tertiary/aromatic N) is 1. The number of ether oxygens (including phenoxy) is 1. The second-order valence-electron chi connectivity index (χ2n) is 7.82. The first-order valence-electron chi connectivity index (χ1n) is 8.42. The van der Waals surface area contributed by atoms with E-state index in [2.05, 4.69) is 0 Å². The molecule has 0 radical (unpaired) electrons. The minimum atomic E-state index is -1.25. The highest BCUT2D eigenvalue weighted by atomic mass is 35.5. The maximum atomic E-state index is 13.4. The lowest BCUT2D eigenvalue weighted by molar-refractivity contribution is -0.165. The van der Waals surface area contributed by atoms with Crippen molar-refractivity contribution in [2.75, 3.05) is 12.4 Å². The molecule has 1 atom stereocenters. The first-order chi connectivity index (χ1) is 11.3.